The van der Waals surface area contributed by atoms with Crippen molar-refractivity contribution in [3.63, 3.8) is 0 Å². The van der Waals surface area contributed by atoms with Crippen molar-refractivity contribution in [1.82, 2.24) is 14.9 Å². The second-order valence-electron chi connectivity index (χ2n) is 4.12. The van der Waals surface area contributed by atoms with Crippen LogP contribution in [0.2, 0.25) is 0 Å². The average molecular weight is 274 g/mol. The molecule has 0 saturated heterocycles. The first kappa shape index (κ1) is 14.7. The Morgan fingerprint density at radius 2 is 2.28 bits per heavy atom. The van der Waals surface area contributed by atoms with Crippen molar-refractivity contribution in [3.8, 4) is 0 Å². The molecule has 0 aliphatic heterocycles. The summed E-state index contributed by atoms with van der Waals surface area (Å²) in [5.41, 5.74) is 5.59. The van der Waals surface area contributed by atoms with Crippen LogP contribution < -0.4 is 11.1 Å². The molecule has 1 unspecified atom stereocenters. The van der Waals surface area contributed by atoms with Crippen LogP contribution in [0, 0.1) is 0 Å². The number of nitrogens with one attached hydrogen (secondary N) is 1. The van der Waals surface area contributed by atoms with Gasteiger partial charge in [0.2, 0.25) is 5.91 Å². The zero-order valence-electron chi connectivity index (χ0n) is 10.2. The molecule has 0 fully saturated rings. The van der Waals surface area contributed by atoms with Crippen LogP contribution in [0.15, 0.2) is 18.7 Å². The van der Waals surface area contributed by atoms with Crippen molar-refractivity contribution >= 4 is 15.7 Å². The fraction of sp³-hybridized carbons (Fsp3) is 0.600. The van der Waals surface area contributed by atoms with Crippen LogP contribution in [0.25, 0.3) is 0 Å². The topological polar surface area (TPSA) is 107 Å². The molecule has 1 atom stereocenters. The van der Waals surface area contributed by atoms with Gasteiger partial charge in [0.15, 0.2) is 0 Å². The van der Waals surface area contributed by atoms with E-state index in [1.54, 1.807) is 18.7 Å². The Kier molecular flexibility index (Phi) is 5.29. The molecule has 1 rings (SSSR count). The van der Waals surface area contributed by atoms with Gasteiger partial charge < -0.3 is 15.6 Å². The SMILES string of the molecule is CS(=O)(=O)CCC(N)C(=O)NCCn1ccnc1. The summed E-state index contributed by atoms with van der Waals surface area (Å²) >= 11 is 0. The first-order valence-corrected chi connectivity index (χ1v) is 7.61. The highest BCUT2D eigenvalue weighted by atomic mass is 32.2. The van der Waals surface area contributed by atoms with Crippen LogP contribution in [-0.2, 0) is 21.2 Å². The zero-order chi connectivity index (χ0) is 13.6. The van der Waals surface area contributed by atoms with Crippen molar-refractivity contribution in [3.05, 3.63) is 18.7 Å². The van der Waals surface area contributed by atoms with Gasteiger partial charge in [0.05, 0.1) is 18.1 Å². The average Bonchev–Trinajstić information content (AvgIpc) is 2.77. The minimum absolute atomic E-state index is 0.0803. The van der Waals surface area contributed by atoms with Gasteiger partial charge >= 0.3 is 0 Å². The highest BCUT2D eigenvalue weighted by Crippen LogP contribution is 1.94. The quantitative estimate of drug-likeness (QED) is 0.647. The lowest BCUT2D eigenvalue weighted by Gasteiger charge is -2.11. The van der Waals surface area contributed by atoms with E-state index in [1.165, 1.54) is 0 Å². The van der Waals surface area contributed by atoms with Gasteiger partial charge in [-0.15, -0.1) is 0 Å². The smallest absolute Gasteiger partial charge is 0.237 e. The van der Waals surface area contributed by atoms with E-state index in [1.807, 2.05) is 4.57 Å². The third kappa shape index (κ3) is 5.78. The molecule has 0 spiro atoms. The molecular weight excluding hydrogens is 256 g/mol. The number of carbonyl (C=O) groups is 1. The van der Waals surface area contributed by atoms with Gasteiger partial charge in [0, 0.05) is 31.7 Å². The second kappa shape index (κ2) is 6.50. The monoisotopic (exact) mass is 274 g/mol. The highest BCUT2D eigenvalue weighted by Gasteiger charge is 2.15. The molecule has 0 aliphatic carbocycles. The summed E-state index contributed by atoms with van der Waals surface area (Å²) in [5, 5.41) is 2.65. The molecule has 0 radical (unpaired) electrons. The molecule has 18 heavy (non-hydrogen) atoms. The molecule has 0 aromatic carbocycles. The van der Waals surface area contributed by atoms with E-state index in [0.29, 0.717) is 13.1 Å². The summed E-state index contributed by atoms with van der Waals surface area (Å²) in [6.07, 6.45) is 6.34. The molecule has 0 saturated carbocycles. The highest BCUT2D eigenvalue weighted by molar-refractivity contribution is 7.90. The van der Waals surface area contributed by atoms with Gasteiger partial charge in [0.1, 0.15) is 9.84 Å². The molecule has 0 bridgehead atoms. The molecule has 3 N–H and O–H groups in total. The molecule has 0 aliphatic rings. The van der Waals surface area contributed by atoms with Crippen molar-refractivity contribution in [2.45, 2.75) is 19.0 Å². The molecule has 1 aromatic rings. The van der Waals surface area contributed by atoms with E-state index in [9.17, 15) is 13.2 Å². The van der Waals surface area contributed by atoms with Gasteiger partial charge in [0.25, 0.3) is 0 Å². The van der Waals surface area contributed by atoms with Crippen LogP contribution >= 0.6 is 0 Å². The van der Waals surface area contributed by atoms with Gasteiger partial charge in [-0.2, -0.15) is 0 Å². The zero-order valence-corrected chi connectivity index (χ0v) is 11.1. The number of carbonyl (C=O) groups excluding carboxylic acids is 1. The number of sulfone groups is 1. The minimum Gasteiger partial charge on any atom is -0.353 e. The maximum Gasteiger partial charge on any atom is 0.237 e. The molecule has 1 heterocycles. The third-order valence-electron chi connectivity index (χ3n) is 2.36. The first-order chi connectivity index (χ1) is 8.38. The Balaban J connectivity index is 2.23. The molecular formula is C10H18N4O3S. The molecule has 102 valence electrons. The van der Waals surface area contributed by atoms with Gasteiger partial charge in [-0.05, 0) is 6.42 Å². The number of hydrogen-bond acceptors (Lipinski definition) is 5. The van der Waals surface area contributed by atoms with E-state index in [4.69, 9.17) is 5.73 Å². The van der Waals surface area contributed by atoms with E-state index in [-0.39, 0.29) is 18.1 Å². The van der Waals surface area contributed by atoms with E-state index in [2.05, 4.69) is 10.3 Å². The standard InChI is InChI=1S/C10H18N4O3S/c1-18(16,17)7-2-9(11)10(15)13-4-6-14-5-3-12-8-14/h3,5,8-9H,2,4,6-7,11H2,1H3,(H,13,15). The number of nitrogens with zero attached hydrogens (tertiary/aromatic N) is 2. The predicted molar refractivity (Wildman–Crippen MR) is 67.5 cm³/mol. The Labute approximate surface area is 106 Å². The van der Waals surface area contributed by atoms with Gasteiger partial charge in [-0.3, -0.25) is 4.79 Å². The lowest BCUT2D eigenvalue weighted by atomic mass is 10.2. The Bertz CT molecular complexity index is 469. The maximum absolute atomic E-state index is 11.5. The number of aromatic nitrogens is 2. The number of imidazole rings is 1. The largest absolute Gasteiger partial charge is 0.353 e. The predicted octanol–water partition coefficient (Wildman–Crippen LogP) is -1.24. The number of amides is 1. The lowest BCUT2D eigenvalue weighted by Crippen LogP contribution is -2.42. The Morgan fingerprint density at radius 1 is 1.56 bits per heavy atom. The van der Waals surface area contributed by atoms with Gasteiger partial charge in [-0.25, -0.2) is 13.4 Å². The van der Waals surface area contributed by atoms with E-state index < -0.39 is 15.9 Å². The molecule has 8 heteroatoms. The van der Waals surface area contributed by atoms with Crippen LogP contribution in [0.5, 0.6) is 0 Å². The van der Waals surface area contributed by atoms with Crippen molar-refractivity contribution < 1.29 is 13.2 Å². The Morgan fingerprint density at radius 3 is 2.83 bits per heavy atom. The van der Waals surface area contributed by atoms with Crippen molar-refractivity contribution in [2.24, 2.45) is 5.73 Å². The van der Waals surface area contributed by atoms with E-state index >= 15 is 0 Å². The second-order valence-corrected chi connectivity index (χ2v) is 6.38. The minimum atomic E-state index is -3.08. The first-order valence-electron chi connectivity index (χ1n) is 5.55. The number of nitrogens with two attached hydrogens (primary N) is 1. The lowest BCUT2D eigenvalue weighted by molar-refractivity contribution is -0.122. The summed E-state index contributed by atoms with van der Waals surface area (Å²) in [5.74, 6) is -0.415. The Hall–Kier alpha value is -1.41. The molecule has 7 nitrogen and oxygen atoms in total. The molecule has 1 amide bonds. The third-order valence-corrected chi connectivity index (χ3v) is 3.34. The number of rotatable bonds is 7. The van der Waals surface area contributed by atoms with Crippen LogP contribution in [-0.4, -0.2) is 48.5 Å². The van der Waals surface area contributed by atoms with Crippen molar-refractivity contribution in [2.75, 3.05) is 18.6 Å². The fourth-order valence-electron chi connectivity index (χ4n) is 1.33. The van der Waals surface area contributed by atoms with Crippen molar-refractivity contribution in [1.29, 1.82) is 0 Å². The summed E-state index contributed by atoms with van der Waals surface area (Å²) in [6, 6.07) is -0.789. The normalized spacial score (nSPS) is 13.2. The molecule has 1 aromatic heterocycles. The summed E-state index contributed by atoms with van der Waals surface area (Å²) in [7, 11) is -3.08. The van der Waals surface area contributed by atoms with Crippen LogP contribution in [0.1, 0.15) is 6.42 Å². The summed E-state index contributed by atoms with van der Waals surface area (Å²) < 4.78 is 23.7. The maximum atomic E-state index is 11.5. The summed E-state index contributed by atoms with van der Waals surface area (Å²) in [4.78, 5) is 15.4. The fourth-order valence-corrected chi connectivity index (χ4v) is 2.01. The van der Waals surface area contributed by atoms with Gasteiger partial charge in [-0.1, -0.05) is 0 Å². The number of hydrogen-bond donors (Lipinski definition) is 2. The summed E-state index contributed by atoms with van der Waals surface area (Å²) in [6.45, 7) is 1.03. The van der Waals surface area contributed by atoms with Crippen LogP contribution in [0.4, 0.5) is 0 Å². The van der Waals surface area contributed by atoms with Crippen LogP contribution in [0.3, 0.4) is 0 Å². The van der Waals surface area contributed by atoms with E-state index in [0.717, 1.165) is 6.26 Å².